The van der Waals surface area contributed by atoms with Gasteiger partial charge in [-0.05, 0) is 24.8 Å². The molecule has 1 atom stereocenters. The Morgan fingerprint density at radius 3 is 2.54 bits per heavy atom. The molecule has 0 saturated heterocycles. The van der Waals surface area contributed by atoms with Gasteiger partial charge >= 0.3 is 5.97 Å². The van der Waals surface area contributed by atoms with Crippen molar-refractivity contribution >= 4 is 35.2 Å². The fourth-order valence-corrected chi connectivity index (χ4v) is 3.41. The summed E-state index contributed by atoms with van der Waals surface area (Å²) < 4.78 is 4.78. The van der Waals surface area contributed by atoms with Crippen LogP contribution in [0.3, 0.4) is 0 Å². The fraction of sp³-hybridized carbons (Fsp3) is 0.400. The van der Waals surface area contributed by atoms with E-state index in [1.807, 2.05) is 45.0 Å². The number of methoxy groups -OCH3 is 1. The van der Waals surface area contributed by atoms with Crippen molar-refractivity contribution in [3.8, 4) is 0 Å². The van der Waals surface area contributed by atoms with Gasteiger partial charge in [0.1, 0.15) is 6.04 Å². The van der Waals surface area contributed by atoms with Crippen LogP contribution in [0.25, 0.3) is 0 Å². The normalized spacial score (nSPS) is 11.9. The van der Waals surface area contributed by atoms with Crippen molar-refractivity contribution in [1.82, 2.24) is 15.3 Å². The van der Waals surface area contributed by atoms with Crippen LogP contribution in [0.2, 0.25) is 5.02 Å². The number of hydrogen-bond acceptors (Lipinski definition) is 6. The smallest absolute Gasteiger partial charge is 0.328 e. The summed E-state index contributed by atoms with van der Waals surface area (Å²) in [5, 5.41) is 3.23. The monoisotopic (exact) mass is 421 g/mol. The summed E-state index contributed by atoms with van der Waals surface area (Å²) in [6.45, 7) is 5.95. The summed E-state index contributed by atoms with van der Waals surface area (Å²) >= 11 is 7.52. The number of nitrogens with zero attached hydrogens (tertiary/aromatic N) is 2. The number of hydrogen-bond donors (Lipinski definition) is 1. The average Bonchev–Trinajstić information content (AvgIpc) is 2.67. The van der Waals surface area contributed by atoms with Crippen molar-refractivity contribution in [3.63, 3.8) is 0 Å². The summed E-state index contributed by atoms with van der Waals surface area (Å²) in [5.41, 5.74) is 2.36. The molecule has 1 aromatic heterocycles. The quantitative estimate of drug-likeness (QED) is 0.393. The van der Waals surface area contributed by atoms with Crippen molar-refractivity contribution in [2.75, 3.05) is 7.11 Å². The molecule has 0 saturated carbocycles. The van der Waals surface area contributed by atoms with E-state index in [9.17, 15) is 9.59 Å². The molecule has 28 heavy (non-hydrogen) atoms. The maximum atomic E-state index is 12.6. The number of amides is 1. The molecule has 0 unspecified atom stereocenters. The zero-order valence-corrected chi connectivity index (χ0v) is 17.9. The highest BCUT2D eigenvalue weighted by Crippen LogP contribution is 2.22. The first kappa shape index (κ1) is 22.2. The molecule has 2 rings (SSSR count). The van der Waals surface area contributed by atoms with Gasteiger partial charge in [0.15, 0.2) is 10.9 Å². The molecule has 1 N–H and O–H groups in total. The second-order valence-corrected chi connectivity index (χ2v) is 8.15. The maximum Gasteiger partial charge on any atom is 0.328 e. The second-order valence-electron chi connectivity index (χ2n) is 6.80. The van der Waals surface area contributed by atoms with E-state index in [0.717, 1.165) is 5.56 Å². The third kappa shape index (κ3) is 6.49. The third-order valence-corrected chi connectivity index (χ3v) is 5.13. The van der Waals surface area contributed by atoms with Gasteiger partial charge in [0.2, 0.25) is 0 Å². The summed E-state index contributed by atoms with van der Waals surface area (Å²) in [7, 11) is 1.29. The number of thioether (sulfide) groups is 1. The van der Waals surface area contributed by atoms with Gasteiger partial charge in [-0.3, -0.25) is 4.79 Å². The van der Waals surface area contributed by atoms with Crippen LogP contribution in [-0.4, -0.2) is 35.0 Å². The Morgan fingerprint density at radius 1 is 1.25 bits per heavy atom. The van der Waals surface area contributed by atoms with Gasteiger partial charge in [0.05, 0.1) is 18.3 Å². The predicted octanol–water partition coefficient (Wildman–Crippen LogP) is 4.05. The SMILES string of the molecule is COC(=O)[C@H](CC(C)C)NC(=O)c1nc(SCc2ccc(C)cc2)ncc1Cl. The van der Waals surface area contributed by atoms with Gasteiger partial charge in [-0.2, -0.15) is 0 Å². The van der Waals surface area contributed by atoms with E-state index >= 15 is 0 Å². The van der Waals surface area contributed by atoms with Gasteiger partial charge in [-0.15, -0.1) is 0 Å². The molecule has 0 radical (unpaired) electrons. The van der Waals surface area contributed by atoms with Crippen LogP contribution in [0, 0.1) is 12.8 Å². The van der Waals surface area contributed by atoms with E-state index < -0.39 is 17.9 Å². The lowest BCUT2D eigenvalue weighted by atomic mass is 10.0. The zero-order chi connectivity index (χ0) is 20.7. The maximum absolute atomic E-state index is 12.6. The number of aromatic nitrogens is 2. The van der Waals surface area contributed by atoms with E-state index in [-0.39, 0.29) is 16.6 Å². The molecule has 150 valence electrons. The van der Waals surface area contributed by atoms with Crippen LogP contribution in [0.1, 0.15) is 41.9 Å². The van der Waals surface area contributed by atoms with E-state index in [2.05, 4.69) is 15.3 Å². The Labute approximate surface area is 174 Å². The molecule has 0 fully saturated rings. The number of ether oxygens (including phenoxy) is 1. The standard InChI is InChI=1S/C20H24ClN3O3S/c1-12(2)9-16(19(26)27-4)23-18(25)17-15(21)10-22-20(24-17)28-11-14-7-5-13(3)6-8-14/h5-8,10,12,16H,9,11H2,1-4H3,(H,23,25)/t16-/m0/s1. The van der Waals surface area contributed by atoms with Crippen molar-refractivity contribution in [1.29, 1.82) is 0 Å². The van der Waals surface area contributed by atoms with E-state index in [0.29, 0.717) is 17.3 Å². The molecule has 2 aromatic rings. The van der Waals surface area contributed by atoms with E-state index in [1.54, 1.807) is 0 Å². The van der Waals surface area contributed by atoms with Crippen LogP contribution in [0.4, 0.5) is 0 Å². The average molecular weight is 422 g/mol. The minimum atomic E-state index is -0.757. The first-order chi connectivity index (χ1) is 13.3. The summed E-state index contributed by atoms with van der Waals surface area (Å²) in [4.78, 5) is 33.0. The number of carbonyl (C=O) groups excluding carboxylic acids is 2. The highest BCUT2D eigenvalue weighted by molar-refractivity contribution is 7.98. The van der Waals surface area contributed by atoms with E-state index in [1.165, 1.54) is 30.6 Å². The van der Waals surface area contributed by atoms with Crippen LogP contribution >= 0.6 is 23.4 Å². The highest BCUT2D eigenvalue weighted by atomic mass is 35.5. The fourth-order valence-electron chi connectivity index (χ4n) is 2.47. The van der Waals surface area contributed by atoms with Gasteiger partial charge in [0, 0.05) is 5.75 Å². The van der Waals surface area contributed by atoms with Gasteiger partial charge in [-0.1, -0.05) is 67.0 Å². The summed E-state index contributed by atoms with van der Waals surface area (Å²) in [6.07, 6.45) is 1.85. The summed E-state index contributed by atoms with van der Waals surface area (Å²) in [6, 6.07) is 7.41. The minimum Gasteiger partial charge on any atom is -0.467 e. The molecule has 0 aliphatic rings. The molecule has 1 heterocycles. The molecule has 8 heteroatoms. The molecule has 0 aliphatic carbocycles. The molecule has 1 aromatic carbocycles. The highest BCUT2D eigenvalue weighted by Gasteiger charge is 2.25. The Kier molecular flexibility index (Phi) is 8.26. The molecule has 0 spiro atoms. The number of benzene rings is 1. The van der Waals surface area contributed by atoms with Crippen LogP contribution < -0.4 is 5.32 Å². The van der Waals surface area contributed by atoms with Gasteiger partial charge < -0.3 is 10.1 Å². The molecule has 1 amide bonds. The Morgan fingerprint density at radius 2 is 1.93 bits per heavy atom. The van der Waals surface area contributed by atoms with Crippen molar-refractivity contribution in [3.05, 3.63) is 52.3 Å². The van der Waals surface area contributed by atoms with Gasteiger partial charge in [0.25, 0.3) is 5.91 Å². The first-order valence-electron chi connectivity index (χ1n) is 8.89. The lowest BCUT2D eigenvalue weighted by Crippen LogP contribution is -2.42. The number of halogens is 1. The molecule has 6 nitrogen and oxygen atoms in total. The Balaban J connectivity index is 2.11. The number of carbonyl (C=O) groups is 2. The molecule has 0 bridgehead atoms. The minimum absolute atomic E-state index is 0.0423. The van der Waals surface area contributed by atoms with Crippen molar-refractivity contribution in [2.24, 2.45) is 5.92 Å². The third-order valence-electron chi connectivity index (χ3n) is 3.92. The number of esters is 1. The van der Waals surface area contributed by atoms with Crippen LogP contribution in [-0.2, 0) is 15.3 Å². The largest absolute Gasteiger partial charge is 0.467 e. The Hall–Kier alpha value is -2.12. The van der Waals surface area contributed by atoms with Crippen molar-refractivity contribution < 1.29 is 14.3 Å². The predicted molar refractivity (Wildman–Crippen MR) is 111 cm³/mol. The molecular weight excluding hydrogens is 398 g/mol. The topological polar surface area (TPSA) is 81.2 Å². The first-order valence-corrected chi connectivity index (χ1v) is 10.3. The van der Waals surface area contributed by atoms with Gasteiger partial charge in [-0.25, -0.2) is 14.8 Å². The lowest BCUT2D eigenvalue weighted by molar-refractivity contribution is -0.143. The second kappa shape index (κ2) is 10.4. The van der Waals surface area contributed by atoms with E-state index in [4.69, 9.17) is 16.3 Å². The molecule has 0 aliphatic heterocycles. The number of rotatable bonds is 8. The zero-order valence-electron chi connectivity index (χ0n) is 16.4. The molecular formula is C20H24ClN3O3S. The van der Waals surface area contributed by atoms with Crippen LogP contribution in [0.15, 0.2) is 35.6 Å². The summed E-state index contributed by atoms with van der Waals surface area (Å²) in [5.74, 6) is -0.158. The lowest BCUT2D eigenvalue weighted by Gasteiger charge is -2.18. The van der Waals surface area contributed by atoms with Crippen LogP contribution in [0.5, 0.6) is 0 Å². The number of aryl methyl sites for hydroxylation is 1. The Bertz CT molecular complexity index is 828. The van der Waals surface area contributed by atoms with Crippen molar-refractivity contribution in [2.45, 2.75) is 44.1 Å². The number of nitrogens with one attached hydrogen (secondary N) is 1.